The van der Waals surface area contributed by atoms with Gasteiger partial charge < -0.3 is 5.32 Å². The quantitative estimate of drug-likeness (QED) is 0.744. The average Bonchev–Trinajstić information content (AvgIpc) is 2.34. The van der Waals surface area contributed by atoms with Crippen LogP contribution in [0.4, 0.5) is 0 Å². The fourth-order valence-corrected chi connectivity index (χ4v) is 4.63. The molecular weight excluding hydrogens is 282 g/mol. The van der Waals surface area contributed by atoms with Gasteiger partial charge in [0.25, 0.3) is 0 Å². The highest BCUT2D eigenvalue weighted by molar-refractivity contribution is 5.88. The van der Waals surface area contributed by atoms with Crippen LogP contribution in [0.15, 0.2) is 0 Å². The Kier molecular flexibility index (Phi) is 5.84. The van der Waals surface area contributed by atoms with Crippen LogP contribution in [0.1, 0.15) is 88.5 Å². The van der Waals surface area contributed by atoms with Gasteiger partial charge in [0.1, 0.15) is 0 Å². The molecule has 136 valence electrons. The normalized spacial score (nSPS) is 30.9. The summed E-state index contributed by atoms with van der Waals surface area (Å²) in [6.07, 6.45) is 5.09. The Morgan fingerprint density at radius 2 is 1.52 bits per heavy atom. The van der Waals surface area contributed by atoms with Gasteiger partial charge in [0, 0.05) is 11.0 Å². The number of hydrogen-bond donors (Lipinski definition) is 1. The molecule has 3 fully saturated rings. The highest BCUT2D eigenvalue weighted by atomic mass is 16.1. The monoisotopic (exact) mass is 323 g/mol. The van der Waals surface area contributed by atoms with E-state index in [9.17, 15) is 4.79 Å². The minimum atomic E-state index is -0.264. The number of carbonyl (C=O) groups excluding carboxylic acids is 1. The molecule has 0 aliphatic heterocycles. The SMILES string of the molecule is C.CC(C)(C)NC(CC1CC2CC(C1)C2(C)C)C(=O)C(C)(C)C. The van der Waals surface area contributed by atoms with Crippen molar-refractivity contribution >= 4 is 5.78 Å². The molecule has 0 aromatic rings. The Bertz CT molecular complexity index is 410. The second kappa shape index (κ2) is 6.50. The van der Waals surface area contributed by atoms with Gasteiger partial charge in [-0.3, -0.25) is 4.79 Å². The van der Waals surface area contributed by atoms with Crippen LogP contribution in [0.3, 0.4) is 0 Å². The first-order valence-electron chi connectivity index (χ1n) is 9.12. The minimum Gasteiger partial charge on any atom is -0.303 e. The maximum absolute atomic E-state index is 12.9. The van der Waals surface area contributed by atoms with Crippen LogP contribution in [0.25, 0.3) is 0 Å². The summed E-state index contributed by atoms with van der Waals surface area (Å²) in [6.45, 7) is 17.5. The number of hydrogen-bond acceptors (Lipinski definition) is 2. The van der Waals surface area contributed by atoms with Crippen molar-refractivity contribution in [2.24, 2.45) is 28.6 Å². The fourth-order valence-electron chi connectivity index (χ4n) is 4.63. The van der Waals surface area contributed by atoms with E-state index in [-0.39, 0.29) is 24.4 Å². The van der Waals surface area contributed by atoms with Crippen LogP contribution in [-0.2, 0) is 4.79 Å². The van der Waals surface area contributed by atoms with Gasteiger partial charge >= 0.3 is 0 Å². The summed E-state index contributed by atoms with van der Waals surface area (Å²) in [5.41, 5.74) is 0.277. The molecule has 2 heteroatoms. The van der Waals surface area contributed by atoms with Crippen LogP contribution >= 0.6 is 0 Å². The van der Waals surface area contributed by atoms with Gasteiger partial charge in [0.15, 0.2) is 5.78 Å². The number of fused-ring (bicyclic) bond motifs is 2. The zero-order valence-electron chi connectivity index (χ0n) is 16.0. The molecule has 3 rings (SSSR count). The fraction of sp³-hybridized carbons (Fsp3) is 0.952. The highest BCUT2D eigenvalue weighted by Gasteiger charge is 2.53. The number of rotatable bonds is 4. The van der Waals surface area contributed by atoms with E-state index in [4.69, 9.17) is 0 Å². The molecule has 3 unspecified atom stereocenters. The van der Waals surface area contributed by atoms with Gasteiger partial charge in [0.2, 0.25) is 0 Å². The van der Waals surface area contributed by atoms with Crippen molar-refractivity contribution < 1.29 is 4.79 Å². The van der Waals surface area contributed by atoms with Gasteiger partial charge in [-0.05, 0) is 69.6 Å². The maximum Gasteiger partial charge on any atom is 0.155 e. The smallest absolute Gasteiger partial charge is 0.155 e. The Hall–Kier alpha value is -0.370. The molecule has 0 aromatic heterocycles. The van der Waals surface area contributed by atoms with Crippen molar-refractivity contribution in [1.82, 2.24) is 5.32 Å². The molecule has 3 saturated carbocycles. The van der Waals surface area contributed by atoms with Crippen LogP contribution in [0.2, 0.25) is 0 Å². The molecule has 0 heterocycles. The molecule has 3 atom stereocenters. The summed E-state index contributed by atoms with van der Waals surface area (Å²) < 4.78 is 0. The van der Waals surface area contributed by atoms with Crippen molar-refractivity contribution in [2.75, 3.05) is 0 Å². The van der Waals surface area contributed by atoms with Crippen molar-refractivity contribution in [3.8, 4) is 0 Å². The first-order valence-corrected chi connectivity index (χ1v) is 9.12. The number of ketones is 1. The van der Waals surface area contributed by atoms with Crippen molar-refractivity contribution in [1.29, 1.82) is 0 Å². The van der Waals surface area contributed by atoms with Crippen molar-refractivity contribution in [3.63, 3.8) is 0 Å². The summed E-state index contributed by atoms with van der Waals surface area (Å²) in [5.74, 6) is 2.87. The molecule has 0 radical (unpaired) electrons. The standard InChI is InChI=1S/C20H37NO.CH4/c1-18(2,3)17(22)16(21-19(4,5)6)11-13-9-14-12-15(10-13)20(14,7)8;/h13-16,21H,9-12H2,1-8H3;1H4. The number of Topliss-reactive ketones (excluding diaryl/α,β-unsaturated/α-hetero) is 1. The van der Waals surface area contributed by atoms with E-state index in [0.29, 0.717) is 11.2 Å². The van der Waals surface area contributed by atoms with E-state index in [1.54, 1.807) is 0 Å². The lowest BCUT2D eigenvalue weighted by Gasteiger charge is -2.59. The van der Waals surface area contributed by atoms with E-state index in [2.05, 4.69) is 39.9 Å². The van der Waals surface area contributed by atoms with Gasteiger partial charge in [-0.2, -0.15) is 0 Å². The molecule has 0 amide bonds. The van der Waals surface area contributed by atoms with Crippen LogP contribution in [-0.4, -0.2) is 17.4 Å². The molecular formula is C21H41NO. The van der Waals surface area contributed by atoms with Crippen LogP contribution < -0.4 is 5.32 Å². The topological polar surface area (TPSA) is 29.1 Å². The predicted octanol–water partition coefficient (Wildman–Crippen LogP) is 5.46. The van der Waals surface area contributed by atoms with Crippen LogP contribution in [0, 0.1) is 28.6 Å². The van der Waals surface area contributed by atoms with Gasteiger partial charge in [0.05, 0.1) is 6.04 Å². The molecule has 23 heavy (non-hydrogen) atoms. The molecule has 3 aliphatic carbocycles. The summed E-state index contributed by atoms with van der Waals surface area (Å²) in [7, 11) is 0. The first kappa shape index (κ1) is 20.7. The highest BCUT2D eigenvalue weighted by Crippen LogP contribution is 2.61. The molecule has 0 spiro atoms. The zero-order chi connectivity index (χ0) is 16.9. The van der Waals surface area contributed by atoms with E-state index < -0.39 is 0 Å². The number of nitrogens with one attached hydrogen (secondary N) is 1. The zero-order valence-corrected chi connectivity index (χ0v) is 16.0. The molecule has 2 nitrogen and oxygen atoms in total. The lowest BCUT2D eigenvalue weighted by atomic mass is 9.46. The van der Waals surface area contributed by atoms with Gasteiger partial charge in [-0.25, -0.2) is 0 Å². The summed E-state index contributed by atoms with van der Waals surface area (Å²) in [5, 5.41) is 3.61. The van der Waals surface area contributed by atoms with Gasteiger partial charge in [-0.15, -0.1) is 0 Å². The summed E-state index contributed by atoms with van der Waals surface area (Å²) >= 11 is 0. The Morgan fingerprint density at radius 1 is 1.04 bits per heavy atom. The molecule has 0 saturated heterocycles. The van der Waals surface area contributed by atoms with Crippen molar-refractivity contribution in [2.45, 2.75) is 100 Å². The third kappa shape index (κ3) is 4.59. The third-order valence-corrected chi connectivity index (χ3v) is 6.14. The van der Waals surface area contributed by atoms with Crippen LogP contribution in [0.5, 0.6) is 0 Å². The molecule has 2 bridgehead atoms. The predicted molar refractivity (Wildman–Crippen MR) is 101 cm³/mol. The summed E-state index contributed by atoms with van der Waals surface area (Å²) in [6, 6.07) is 0.00520. The van der Waals surface area contributed by atoms with E-state index in [1.807, 2.05) is 20.8 Å². The lowest BCUT2D eigenvalue weighted by Crippen LogP contribution is -2.54. The third-order valence-electron chi connectivity index (χ3n) is 6.14. The van der Waals surface area contributed by atoms with Crippen molar-refractivity contribution in [3.05, 3.63) is 0 Å². The Balaban J connectivity index is 0.00000264. The molecule has 0 aromatic carbocycles. The van der Waals surface area contributed by atoms with Gasteiger partial charge in [-0.1, -0.05) is 42.0 Å². The van der Waals surface area contributed by atoms with E-state index >= 15 is 0 Å². The number of carbonyl (C=O) groups is 1. The van der Waals surface area contributed by atoms with E-state index in [1.165, 1.54) is 19.3 Å². The second-order valence-electron chi connectivity index (χ2n) is 10.6. The Morgan fingerprint density at radius 3 is 1.87 bits per heavy atom. The second-order valence-corrected chi connectivity index (χ2v) is 10.6. The minimum absolute atomic E-state index is 0. The Labute approximate surface area is 145 Å². The lowest BCUT2D eigenvalue weighted by molar-refractivity contribution is -0.131. The summed E-state index contributed by atoms with van der Waals surface area (Å²) in [4.78, 5) is 12.9. The molecule has 3 aliphatic rings. The average molecular weight is 324 g/mol. The maximum atomic E-state index is 12.9. The van der Waals surface area contributed by atoms with E-state index in [0.717, 1.165) is 24.2 Å². The molecule has 1 N–H and O–H groups in total. The first-order chi connectivity index (χ1) is 9.80. The largest absolute Gasteiger partial charge is 0.303 e.